The van der Waals surface area contributed by atoms with Gasteiger partial charge in [-0.2, -0.15) is 0 Å². The van der Waals surface area contributed by atoms with Crippen LogP contribution in [-0.2, 0) is 6.42 Å². The quantitative estimate of drug-likeness (QED) is 0.617. The average Bonchev–Trinajstić information content (AvgIpc) is 2.05. The van der Waals surface area contributed by atoms with Gasteiger partial charge in [0.25, 0.3) is 5.56 Å². The second-order valence-electron chi connectivity index (χ2n) is 2.48. The van der Waals surface area contributed by atoms with E-state index in [2.05, 4.69) is 15.3 Å². The maximum Gasteiger partial charge on any atom is 0.250 e. The molecule has 0 unspecified atom stereocenters. The van der Waals surface area contributed by atoms with Crippen LogP contribution in [0.3, 0.4) is 0 Å². The van der Waals surface area contributed by atoms with Crippen molar-refractivity contribution in [2.45, 2.75) is 13.3 Å². The molecule has 1 heterocycles. The summed E-state index contributed by atoms with van der Waals surface area (Å²) in [5.74, 6) is 0.739. The highest BCUT2D eigenvalue weighted by molar-refractivity contribution is 4.89. The van der Waals surface area contributed by atoms with E-state index >= 15 is 0 Å². The molecular weight excluding hydrogens is 154 g/mol. The van der Waals surface area contributed by atoms with Crippen LogP contribution in [0.5, 0.6) is 0 Å². The van der Waals surface area contributed by atoms with Gasteiger partial charge in [-0.15, -0.1) is 0 Å². The van der Waals surface area contributed by atoms with Crippen LogP contribution in [0.25, 0.3) is 0 Å². The van der Waals surface area contributed by atoms with Crippen LogP contribution >= 0.6 is 0 Å². The first-order valence-electron chi connectivity index (χ1n) is 4.08. The van der Waals surface area contributed by atoms with E-state index in [9.17, 15) is 4.79 Å². The van der Waals surface area contributed by atoms with Gasteiger partial charge in [0.2, 0.25) is 0 Å². The van der Waals surface area contributed by atoms with Crippen LogP contribution in [0, 0.1) is 0 Å². The first-order valence-corrected chi connectivity index (χ1v) is 4.08. The van der Waals surface area contributed by atoms with E-state index in [0.717, 1.165) is 25.3 Å². The van der Waals surface area contributed by atoms with Gasteiger partial charge in [-0.05, 0) is 6.54 Å². The molecule has 0 saturated carbocycles. The number of nitrogens with one attached hydrogen (secondary N) is 2. The van der Waals surface area contributed by atoms with Gasteiger partial charge >= 0.3 is 0 Å². The van der Waals surface area contributed by atoms with E-state index in [-0.39, 0.29) is 5.56 Å². The van der Waals surface area contributed by atoms with Crippen molar-refractivity contribution >= 4 is 0 Å². The highest BCUT2D eigenvalue weighted by atomic mass is 16.1. The molecule has 4 heteroatoms. The van der Waals surface area contributed by atoms with E-state index in [4.69, 9.17) is 0 Å². The maximum atomic E-state index is 10.8. The molecule has 66 valence electrons. The second-order valence-corrected chi connectivity index (χ2v) is 2.48. The molecule has 12 heavy (non-hydrogen) atoms. The molecular formula is C8H13N3O. The Labute approximate surface area is 71.0 Å². The van der Waals surface area contributed by atoms with Gasteiger partial charge in [0, 0.05) is 25.2 Å². The summed E-state index contributed by atoms with van der Waals surface area (Å²) in [6.07, 6.45) is 2.30. The normalized spacial score (nSPS) is 10.1. The first-order chi connectivity index (χ1) is 5.83. The summed E-state index contributed by atoms with van der Waals surface area (Å²) in [7, 11) is 0. The topological polar surface area (TPSA) is 57.8 Å². The number of H-pyrrole nitrogens is 1. The zero-order chi connectivity index (χ0) is 8.81. The smallest absolute Gasteiger partial charge is 0.250 e. The van der Waals surface area contributed by atoms with Crippen molar-refractivity contribution in [2.75, 3.05) is 13.1 Å². The largest absolute Gasteiger partial charge is 0.317 e. The average molecular weight is 167 g/mol. The third-order valence-electron chi connectivity index (χ3n) is 1.51. The van der Waals surface area contributed by atoms with Crippen molar-refractivity contribution in [3.63, 3.8) is 0 Å². The molecule has 0 spiro atoms. The van der Waals surface area contributed by atoms with Crippen molar-refractivity contribution in [1.29, 1.82) is 0 Å². The minimum absolute atomic E-state index is 0.0866. The lowest BCUT2D eigenvalue weighted by Gasteiger charge is -1.99. The van der Waals surface area contributed by atoms with E-state index in [0.29, 0.717) is 0 Å². The van der Waals surface area contributed by atoms with Crippen molar-refractivity contribution in [3.05, 3.63) is 28.4 Å². The monoisotopic (exact) mass is 167 g/mol. The summed E-state index contributed by atoms with van der Waals surface area (Å²) in [6.45, 7) is 3.84. The van der Waals surface area contributed by atoms with Crippen molar-refractivity contribution in [2.24, 2.45) is 0 Å². The van der Waals surface area contributed by atoms with Gasteiger partial charge in [-0.1, -0.05) is 6.92 Å². The summed E-state index contributed by atoms with van der Waals surface area (Å²) >= 11 is 0. The van der Waals surface area contributed by atoms with Gasteiger partial charge in [0.1, 0.15) is 5.82 Å². The van der Waals surface area contributed by atoms with Crippen LogP contribution in [0.2, 0.25) is 0 Å². The van der Waals surface area contributed by atoms with Crippen LogP contribution in [0.1, 0.15) is 12.7 Å². The number of aromatic nitrogens is 2. The van der Waals surface area contributed by atoms with Gasteiger partial charge in [-0.3, -0.25) is 4.79 Å². The summed E-state index contributed by atoms with van der Waals surface area (Å²) in [6, 6.07) is 1.41. The molecule has 1 aromatic rings. The highest BCUT2D eigenvalue weighted by Gasteiger charge is 1.92. The van der Waals surface area contributed by atoms with E-state index < -0.39 is 0 Å². The highest BCUT2D eigenvalue weighted by Crippen LogP contribution is 1.83. The fourth-order valence-corrected chi connectivity index (χ4v) is 0.922. The molecule has 0 fully saturated rings. The number of hydrogen-bond acceptors (Lipinski definition) is 3. The maximum absolute atomic E-state index is 10.8. The van der Waals surface area contributed by atoms with E-state index in [1.165, 1.54) is 12.3 Å². The molecule has 0 saturated heterocycles. The zero-order valence-corrected chi connectivity index (χ0v) is 7.13. The molecule has 1 rings (SSSR count). The Bertz CT molecular complexity index is 282. The fraction of sp³-hybridized carbons (Fsp3) is 0.500. The Kier molecular flexibility index (Phi) is 3.47. The van der Waals surface area contributed by atoms with Crippen LogP contribution in [0.4, 0.5) is 0 Å². The summed E-state index contributed by atoms with van der Waals surface area (Å²) < 4.78 is 0. The van der Waals surface area contributed by atoms with Crippen molar-refractivity contribution in [1.82, 2.24) is 15.3 Å². The molecule has 4 nitrogen and oxygen atoms in total. The molecule has 0 aromatic carbocycles. The Morgan fingerprint density at radius 2 is 2.50 bits per heavy atom. The minimum Gasteiger partial charge on any atom is -0.317 e. The van der Waals surface area contributed by atoms with Crippen molar-refractivity contribution < 1.29 is 0 Å². The standard InChI is InChI=1S/C8H13N3O/c1-2-9-5-3-7-10-6-4-8(12)11-7/h4,6,9H,2-3,5H2,1H3,(H,10,11,12). The lowest BCUT2D eigenvalue weighted by molar-refractivity contribution is 0.694. The molecule has 2 N–H and O–H groups in total. The van der Waals surface area contributed by atoms with Crippen LogP contribution in [0.15, 0.2) is 17.1 Å². The third-order valence-corrected chi connectivity index (χ3v) is 1.51. The van der Waals surface area contributed by atoms with Crippen LogP contribution in [-0.4, -0.2) is 23.1 Å². The molecule has 0 atom stereocenters. The molecule has 0 aliphatic rings. The van der Waals surface area contributed by atoms with Gasteiger partial charge in [0.05, 0.1) is 0 Å². The van der Waals surface area contributed by atoms with Crippen LogP contribution < -0.4 is 10.9 Å². The number of nitrogens with zero attached hydrogens (tertiary/aromatic N) is 1. The first kappa shape index (κ1) is 8.93. The predicted octanol–water partition coefficient (Wildman–Crippen LogP) is -0.0781. The summed E-state index contributed by atoms with van der Waals surface area (Å²) in [5, 5.41) is 3.15. The van der Waals surface area contributed by atoms with E-state index in [1.54, 1.807) is 0 Å². The summed E-state index contributed by atoms with van der Waals surface area (Å²) in [4.78, 5) is 17.5. The third kappa shape index (κ3) is 2.84. The molecule has 0 aliphatic heterocycles. The van der Waals surface area contributed by atoms with Gasteiger partial charge < -0.3 is 10.3 Å². The Morgan fingerprint density at radius 3 is 3.17 bits per heavy atom. The number of aromatic amines is 1. The zero-order valence-electron chi connectivity index (χ0n) is 7.13. The molecule has 0 radical (unpaired) electrons. The van der Waals surface area contributed by atoms with Gasteiger partial charge in [0.15, 0.2) is 0 Å². The Balaban J connectivity index is 2.47. The van der Waals surface area contributed by atoms with E-state index in [1.807, 2.05) is 6.92 Å². The fourth-order valence-electron chi connectivity index (χ4n) is 0.922. The number of likely N-dealkylation sites (N-methyl/N-ethyl adjacent to an activating group) is 1. The van der Waals surface area contributed by atoms with Gasteiger partial charge in [-0.25, -0.2) is 4.98 Å². The molecule has 1 aromatic heterocycles. The van der Waals surface area contributed by atoms with Crippen molar-refractivity contribution in [3.8, 4) is 0 Å². The SMILES string of the molecule is CCNCCc1nccc(=O)[nH]1. The predicted molar refractivity (Wildman–Crippen MR) is 47.1 cm³/mol. The molecule has 0 bridgehead atoms. The number of hydrogen-bond donors (Lipinski definition) is 2. The Morgan fingerprint density at radius 1 is 1.67 bits per heavy atom. The Hall–Kier alpha value is -1.16. The number of rotatable bonds is 4. The lowest BCUT2D eigenvalue weighted by atomic mass is 10.4. The lowest BCUT2D eigenvalue weighted by Crippen LogP contribution is -2.19. The molecule has 0 aliphatic carbocycles. The minimum atomic E-state index is -0.0866. The second kappa shape index (κ2) is 4.66. The molecule has 0 amide bonds. The summed E-state index contributed by atoms with van der Waals surface area (Å²) in [5.41, 5.74) is -0.0866.